The summed E-state index contributed by atoms with van der Waals surface area (Å²) in [6.45, 7) is 3.56. The number of oxazole rings is 1. The van der Waals surface area contributed by atoms with Crippen LogP contribution in [0.25, 0.3) is 11.5 Å². The van der Waals surface area contributed by atoms with Crippen LogP contribution in [0.3, 0.4) is 0 Å². The number of anilines is 1. The standard InChI is InChI=1S/C24H23ClN4O5/c1-14-13-34-22(27-14)16-7-8-18(19(25)9-16)23(32)29-11-15(2)28(24(33)26-10-21(30)31)12-17-5-3-4-6-20(17)29/h3-9,13,15H,10-12H2,1-2H3,(H,26,33)(H,30,31)/t15-/m1/s1. The van der Waals surface area contributed by atoms with Gasteiger partial charge in [-0.3, -0.25) is 9.59 Å². The molecule has 3 aromatic rings. The summed E-state index contributed by atoms with van der Waals surface area (Å²) in [4.78, 5) is 44.6. The first-order valence-electron chi connectivity index (χ1n) is 10.6. The van der Waals surface area contributed by atoms with Crippen LogP contribution in [-0.4, -0.2) is 52.0 Å². The predicted molar refractivity (Wildman–Crippen MR) is 126 cm³/mol. The van der Waals surface area contributed by atoms with Crippen molar-refractivity contribution >= 4 is 35.2 Å². The third-order valence-corrected chi connectivity index (χ3v) is 5.88. The van der Waals surface area contributed by atoms with E-state index in [0.29, 0.717) is 22.7 Å². The first-order chi connectivity index (χ1) is 16.2. The van der Waals surface area contributed by atoms with Gasteiger partial charge in [-0.15, -0.1) is 0 Å². The fourth-order valence-electron chi connectivity index (χ4n) is 3.88. The van der Waals surface area contributed by atoms with E-state index in [1.54, 1.807) is 23.1 Å². The van der Waals surface area contributed by atoms with Crippen LogP contribution in [0.2, 0.25) is 5.02 Å². The molecule has 0 saturated heterocycles. The molecule has 2 N–H and O–H groups in total. The van der Waals surface area contributed by atoms with Gasteiger partial charge in [-0.2, -0.15) is 0 Å². The van der Waals surface area contributed by atoms with Crippen LogP contribution >= 0.6 is 11.6 Å². The SMILES string of the molecule is Cc1coc(-c2ccc(C(=O)N3C[C@@H](C)N(C(=O)NCC(=O)O)Cc4ccccc43)c(Cl)c2)n1. The van der Waals surface area contributed by atoms with Gasteiger partial charge in [-0.1, -0.05) is 29.8 Å². The Morgan fingerprint density at radius 2 is 2.00 bits per heavy atom. The first kappa shape index (κ1) is 23.3. The molecular weight excluding hydrogens is 460 g/mol. The Kier molecular flexibility index (Phi) is 6.56. The van der Waals surface area contributed by atoms with Crippen LogP contribution in [0.15, 0.2) is 53.1 Å². The van der Waals surface area contributed by atoms with E-state index in [0.717, 1.165) is 11.3 Å². The van der Waals surface area contributed by atoms with Gasteiger partial charge >= 0.3 is 12.0 Å². The number of aryl methyl sites for hydroxylation is 1. The highest BCUT2D eigenvalue weighted by Gasteiger charge is 2.32. The van der Waals surface area contributed by atoms with Crippen molar-refractivity contribution in [1.29, 1.82) is 0 Å². The lowest BCUT2D eigenvalue weighted by Crippen LogP contribution is -2.49. The number of nitrogens with zero attached hydrogens (tertiary/aromatic N) is 3. The molecular formula is C24H23ClN4O5. The molecule has 176 valence electrons. The average Bonchev–Trinajstić information content (AvgIpc) is 3.18. The number of para-hydroxylation sites is 1. The lowest BCUT2D eigenvalue weighted by Gasteiger charge is -2.29. The van der Waals surface area contributed by atoms with Gasteiger partial charge in [0.2, 0.25) is 5.89 Å². The van der Waals surface area contributed by atoms with Crippen molar-refractivity contribution in [2.45, 2.75) is 26.4 Å². The van der Waals surface area contributed by atoms with E-state index in [1.165, 1.54) is 11.2 Å². The average molecular weight is 483 g/mol. The number of aromatic nitrogens is 1. The molecule has 1 atom stereocenters. The van der Waals surface area contributed by atoms with Gasteiger partial charge < -0.3 is 24.6 Å². The first-order valence-corrected chi connectivity index (χ1v) is 11.0. The van der Waals surface area contributed by atoms with Crippen molar-refractivity contribution in [1.82, 2.24) is 15.2 Å². The molecule has 1 aliphatic heterocycles. The fraction of sp³-hybridized carbons (Fsp3) is 0.250. The Labute approximate surface area is 200 Å². The molecule has 0 bridgehead atoms. The molecule has 0 radical (unpaired) electrons. The molecule has 0 unspecified atom stereocenters. The number of hydrogen-bond donors (Lipinski definition) is 2. The Hall–Kier alpha value is -3.85. The largest absolute Gasteiger partial charge is 0.480 e. The molecule has 4 rings (SSSR count). The predicted octanol–water partition coefficient (Wildman–Crippen LogP) is 3.95. The van der Waals surface area contributed by atoms with Crippen LogP contribution < -0.4 is 10.2 Å². The van der Waals surface area contributed by atoms with Gasteiger partial charge in [-0.25, -0.2) is 9.78 Å². The normalized spacial score (nSPS) is 15.4. The molecule has 9 nitrogen and oxygen atoms in total. The van der Waals surface area contributed by atoms with Gasteiger partial charge in [-0.05, 0) is 43.7 Å². The summed E-state index contributed by atoms with van der Waals surface area (Å²) >= 11 is 6.51. The minimum atomic E-state index is -1.13. The van der Waals surface area contributed by atoms with Crippen molar-refractivity contribution in [3.8, 4) is 11.5 Å². The maximum Gasteiger partial charge on any atom is 0.323 e. The number of carboxylic acid groups (broad SMARTS) is 1. The van der Waals surface area contributed by atoms with E-state index >= 15 is 0 Å². The molecule has 1 aliphatic rings. The van der Waals surface area contributed by atoms with Crippen molar-refractivity contribution in [3.05, 3.63) is 70.6 Å². The molecule has 3 amide bonds. The molecule has 0 aliphatic carbocycles. The van der Waals surface area contributed by atoms with E-state index in [-0.39, 0.29) is 24.0 Å². The summed E-state index contributed by atoms with van der Waals surface area (Å²) in [5.74, 6) is -1.03. The number of benzene rings is 2. The Morgan fingerprint density at radius 3 is 2.68 bits per heavy atom. The number of carboxylic acids is 1. The molecule has 0 spiro atoms. The summed E-state index contributed by atoms with van der Waals surface area (Å²) in [6, 6.07) is 11.4. The van der Waals surface area contributed by atoms with Gasteiger partial charge in [0, 0.05) is 30.4 Å². The highest BCUT2D eigenvalue weighted by molar-refractivity contribution is 6.34. The summed E-state index contributed by atoms with van der Waals surface area (Å²) in [5, 5.41) is 11.5. The molecule has 10 heteroatoms. The van der Waals surface area contributed by atoms with E-state index in [1.807, 2.05) is 38.1 Å². The smallest absolute Gasteiger partial charge is 0.323 e. The molecule has 1 aromatic heterocycles. The minimum Gasteiger partial charge on any atom is -0.480 e. The quantitative estimate of drug-likeness (QED) is 0.581. The number of nitrogens with one attached hydrogen (secondary N) is 1. The number of amides is 3. The van der Waals surface area contributed by atoms with Crippen LogP contribution in [-0.2, 0) is 11.3 Å². The maximum absolute atomic E-state index is 13.6. The number of fused-ring (bicyclic) bond motifs is 1. The summed E-state index contributed by atoms with van der Waals surface area (Å²) in [7, 11) is 0. The van der Waals surface area contributed by atoms with E-state index in [2.05, 4.69) is 10.3 Å². The Morgan fingerprint density at radius 1 is 1.24 bits per heavy atom. The van der Waals surface area contributed by atoms with Crippen LogP contribution in [0.1, 0.15) is 28.5 Å². The number of aliphatic carboxylic acids is 1. The molecule has 2 aromatic carbocycles. The zero-order valence-corrected chi connectivity index (χ0v) is 19.4. The van der Waals surface area contributed by atoms with E-state index < -0.39 is 24.6 Å². The Balaban J connectivity index is 1.64. The topological polar surface area (TPSA) is 116 Å². The fourth-order valence-corrected chi connectivity index (χ4v) is 4.14. The van der Waals surface area contributed by atoms with Gasteiger partial charge in [0.05, 0.1) is 16.3 Å². The monoisotopic (exact) mass is 482 g/mol. The molecule has 34 heavy (non-hydrogen) atoms. The lowest BCUT2D eigenvalue weighted by atomic mass is 10.1. The van der Waals surface area contributed by atoms with E-state index in [9.17, 15) is 14.4 Å². The van der Waals surface area contributed by atoms with Gasteiger partial charge in [0.1, 0.15) is 12.8 Å². The molecule has 0 saturated carbocycles. The van der Waals surface area contributed by atoms with Crippen LogP contribution in [0, 0.1) is 6.92 Å². The minimum absolute atomic E-state index is 0.202. The number of urea groups is 1. The molecule has 0 fully saturated rings. The Bertz CT molecular complexity index is 1260. The second kappa shape index (κ2) is 9.56. The number of rotatable bonds is 4. The summed E-state index contributed by atoms with van der Waals surface area (Å²) in [6.07, 6.45) is 1.54. The van der Waals surface area contributed by atoms with Crippen molar-refractivity contribution in [2.75, 3.05) is 18.0 Å². The molecule has 2 heterocycles. The summed E-state index contributed by atoms with van der Waals surface area (Å²) < 4.78 is 5.42. The van der Waals surface area contributed by atoms with Crippen molar-refractivity contribution in [2.24, 2.45) is 0 Å². The zero-order valence-electron chi connectivity index (χ0n) is 18.6. The van der Waals surface area contributed by atoms with Crippen LogP contribution in [0.5, 0.6) is 0 Å². The van der Waals surface area contributed by atoms with Crippen molar-refractivity contribution < 1.29 is 23.9 Å². The second-order valence-corrected chi connectivity index (χ2v) is 8.47. The lowest BCUT2D eigenvalue weighted by molar-refractivity contribution is -0.135. The summed E-state index contributed by atoms with van der Waals surface area (Å²) in [5.41, 5.74) is 3.11. The van der Waals surface area contributed by atoms with Gasteiger partial charge in [0.25, 0.3) is 5.91 Å². The highest BCUT2D eigenvalue weighted by atomic mass is 35.5. The number of carbonyl (C=O) groups is 3. The number of halogens is 1. The number of carbonyl (C=O) groups excluding carboxylic acids is 2. The third-order valence-electron chi connectivity index (χ3n) is 5.56. The van der Waals surface area contributed by atoms with Gasteiger partial charge in [0.15, 0.2) is 0 Å². The van der Waals surface area contributed by atoms with E-state index in [4.69, 9.17) is 21.1 Å². The highest BCUT2D eigenvalue weighted by Crippen LogP contribution is 2.31. The van der Waals surface area contributed by atoms with Crippen LogP contribution in [0.4, 0.5) is 10.5 Å². The number of hydrogen-bond acceptors (Lipinski definition) is 5. The van der Waals surface area contributed by atoms with Crippen molar-refractivity contribution in [3.63, 3.8) is 0 Å². The second-order valence-electron chi connectivity index (χ2n) is 8.06. The zero-order chi connectivity index (χ0) is 24.4. The maximum atomic E-state index is 13.6. The third kappa shape index (κ3) is 4.74.